The first-order chi connectivity index (χ1) is 11.0. The molecule has 1 aromatic heterocycles. The predicted molar refractivity (Wildman–Crippen MR) is 92.6 cm³/mol. The Morgan fingerprint density at radius 3 is 2.61 bits per heavy atom. The molecule has 0 bridgehead atoms. The van der Waals surface area contributed by atoms with E-state index in [0.717, 1.165) is 11.1 Å². The lowest BCUT2D eigenvalue weighted by Crippen LogP contribution is -2.28. The number of hydrogen-bond donors (Lipinski definition) is 0. The fraction of sp³-hybridized carbons (Fsp3) is 0.368. The first kappa shape index (κ1) is 16.8. The number of rotatable bonds is 5. The van der Waals surface area contributed by atoms with Gasteiger partial charge in [-0.05, 0) is 30.9 Å². The van der Waals surface area contributed by atoms with Gasteiger partial charge in [0.15, 0.2) is 5.75 Å². The fourth-order valence-electron chi connectivity index (χ4n) is 2.53. The zero-order valence-electron chi connectivity index (χ0n) is 14.1. The Bertz CT molecular complexity index is 798. The summed E-state index contributed by atoms with van der Waals surface area (Å²) < 4.78 is 7.17. The van der Waals surface area contributed by atoms with Crippen molar-refractivity contribution in [3.8, 4) is 29.2 Å². The van der Waals surface area contributed by atoms with Gasteiger partial charge in [0.2, 0.25) is 0 Å². The molecule has 0 N–H and O–H groups in total. The van der Waals surface area contributed by atoms with Crippen molar-refractivity contribution in [3.63, 3.8) is 0 Å². The third-order valence-electron chi connectivity index (χ3n) is 3.53. The molecule has 0 fully saturated rings. The van der Waals surface area contributed by atoms with Crippen molar-refractivity contribution in [2.45, 2.75) is 34.2 Å². The lowest BCUT2D eigenvalue weighted by atomic mass is 10.0. The van der Waals surface area contributed by atoms with E-state index in [0.29, 0.717) is 29.5 Å². The van der Waals surface area contributed by atoms with Gasteiger partial charge in [-0.3, -0.25) is 4.79 Å². The molecule has 1 aromatic carbocycles. The summed E-state index contributed by atoms with van der Waals surface area (Å²) in [5.74, 6) is 3.24. The first-order valence-electron chi connectivity index (χ1n) is 7.69. The summed E-state index contributed by atoms with van der Waals surface area (Å²) in [4.78, 5) is 13.0. The third kappa shape index (κ3) is 3.62. The van der Waals surface area contributed by atoms with Gasteiger partial charge in [-0.2, -0.15) is 5.10 Å². The van der Waals surface area contributed by atoms with Crippen LogP contribution in [0.2, 0.25) is 0 Å². The van der Waals surface area contributed by atoms with Gasteiger partial charge in [0, 0.05) is 6.54 Å². The first-order valence-corrected chi connectivity index (χ1v) is 7.69. The van der Waals surface area contributed by atoms with E-state index in [-0.39, 0.29) is 12.2 Å². The minimum absolute atomic E-state index is 0.106. The fourth-order valence-corrected chi connectivity index (χ4v) is 2.53. The average molecular weight is 310 g/mol. The minimum atomic E-state index is -0.148. The van der Waals surface area contributed by atoms with Crippen molar-refractivity contribution in [2.75, 3.05) is 6.61 Å². The van der Waals surface area contributed by atoms with Crippen LogP contribution in [-0.4, -0.2) is 16.4 Å². The molecule has 0 spiro atoms. The summed E-state index contributed by atoms with van der Waals surface area (Å²) in [5.41, 5.74) is 2.92. The molecule has 0 aliphatic carbocycles. The Morgan fingerprint density at radius 1 is 1.30 bits per heavy atom. The van der Waals surface area contributed by atoms with E-state index in [1.807, 2.05) is 38.1 Å². The molecule has 0 amide bonds. The van der Waals surface area contributed by atoms with Crippen LogP contribution in [0.25, 0.3) is 11.1 Å². The Balaban J connectivity index is 2.74. The lowest BCUT2D eigenvalue weighted by molar-refractivity contribution is 0.359. The van der Waals surface area contributed by atoms with E-state index in [2.05, 4.69) is 24.9 Å². The highest BCUT2D eigenvalue weighted by atomic mass is 16.5. The maximum Gasteiger partial charge on any atom is 0.278 e. The second-order valence-electron chi connectivity index (χ2n) is 5.98. The van der Waals surface area contributed by atoms with Crippen LogP contribution in [0.5, 0.6) is 5.75 Å². The number of nitrogens with zero attached hydrogens (tertiary/aromatic N) is 2. The van der Waals surface area contributed by atoms with E-state index in [4.69, 9.17) is 11.2 Å². The SMILES string of the molecule is C#CCOc1c(C)nn(CC(C)C)c(=O)c1-c1ccccc1C. The molecular weight excluding hydrogens is 288 g/mol. The van der Waals surface area contributed by atoms with Crippen LogP contribution < -0.4 is 10.3 Å². The molecule has 120 valence electrons. The van der Waals surface area contributed by atoms with Gasteiger partial charge < -0.3 is 4.74 Å². The molecular formula is C19H22N2O2. The maximum absolute atomic E-state index is 13.0. The molecule has 0 saturated heterocycles. The van der Waals surface area contributed by atoms with E-state index in [1.165, 1.54) is 4.68 Å². The van der Waals surface area contributed by atoms with Crippen LogP contribution >= 0.6 is 0 Å². The zero-order chi connectivity index (χ0) is 17.0. The van der Waals surface area contributed by atoms with Crippen molar-refractivity contribution < 1.29 is 4.74 Å². The second kappa shape index (κ2) is 7.15. The van der Waals surface area contributed by atoms with E-state index >= 15 is 0 Å². The van der Waals surface area contributed by atoms with Crippen LogP contribution in [0.15, 0.2) is 29.1 Å². The average Bonchev–Trinajstić information content (AvgIpc) is 2.49. The summed E-state index contributed by atoms with van der Waals surface area (Å²) in [5, 5.41) is 4.39. The molecule has 0 atom stereocenters. The topological polar surface area (TPSA) is 44.1 Å². The van der Waals surface area contributed by atoms with Crippen molar-refractivity contribution in [1.29, 1.82) is 0 Å². The van der Waals surface area contributed by atoms with Gasteiger partial charge in [0.05, 0.1) is 5.56 Å². The highest BCUT2D eigenvalue weighted by molar-refractivity contribution is 5.73. The molecule has 2 aromatic rings. The lowest BCUT2D eigenvalue weighted by Gasteiger charge is -2.17. The summed E-state index contributed by atoms with van der Waals surface area (Å²) >= 11 is 0. The zero-order valence-corrected chi connectivity index (χ0v) is 14.1. The summed E-state index contributed by atoms with van der Waals surface area (Å²) in [6.07, 6.45) is 5.30. The Kier molecular flexibility index (Phi) is 5.23. The minimum Gasteiger partial charge on any atom is -0.478 e. The van der Waals surface area contributed by atoms with Gasteiger partial charge in [0.1, 0.15) is 12.3 Å². The van der Waals surface area contributed by atoms with Gasteiger partial charge in [-0.25, -0.2) is 4.68 Å². The largest absolute Gasteiger partial charge is 0.478 e. The molecule has 0 saturated carbocycles. The molecule has 0 aliphatic heterocycles. The van der Waals surface area contributed by atoms with Crippen LogP contribution in [0.4, 0.5) is 0 Å². The van der Waals surface area contributed by atoms with Gasteiger partial charge >= 0.3 is 0 Å². The van der Waals surface area contributed by atoms with E-state index in [1.54, 1.807) is 0 Å². The molecule has 1 heterocycles. The van der Waals surface area contributed by atoms with Crippen molar-refractivity contribution in [3.05, 3.63) is 45.9 Å². The van der Waals surface area contributed by atoms with E-state index in [9.17, 15) is 4.79 Å². The molecule has 23 heavy (non-hydrogen) atoms. The number of terminal acetylenes is 1. The monoisotopic (exact) mass is 310 g/mol. The Morgan fingerprint density at radius 2 is 2.00 bits per heavy atom. The number of aryl methyl sites for hydroxylation is 2. The predicted octanol–water partition coefficient (Wildman–Crippen LogP) is 3.20. The Hall–Kier alpha value is -2.54. The number of aromatic nitrogens is 2. The van der Waals surface area contributed by atoms with Crippen LogP contribution in [0.1, 0.15) is 25.1 Å². The Labute approximate surface area is 137 Å². The van der Waals surface area contributed by atoms with Crippen LogP contribution in [0, 0.1) is 32.1 Å². The molecule has 0 radical (unpaired) electrons. The summed E-state index contributed by atoms with van der Waals surface area (Å²) in [7, 11) is 0. The van der Waals surface area contributed by atoms with Gasteiger partial charge in [0.25, 0.3) is 5.56 Å². The van der Waals surface area contributed by atoms with E-state index < -0.39 is 0 Å². The smallest absolute Gasteiger partial charge is 0.278 e. The normalized spacial score (nSPS) is 10.6. The molecule has 4 nitrogen and oxygen atoms in total. The highest BCUT2D eigenvalue weighted by Gasteiger charge is 2.19. The number of benzene rings is 1. The molecule has 0 aliphatic rings. The maximum atomic E-state index is 13.0. The highest BCUT2D eigenvalue weighted by Crippen LogP contribution is 2.31. The van der Waals surface area contributed by atoms with Crippen LogP contribution in [-0.2, 0) is 6.54 Å². The second-order valence-corrected chi connectivity index (χ2v) is 5.98. The molecule has 0 unspecified atom stereocenters. The third-order valence-corrected chi connectivity index (χ3v) is 3.53. The number of hydrogen-bond acceptors (Lipinski definition) is 3. The standard InChI is InChI=1S/C19H22N2O2/c1-6-11-23-18-15(5)20-21(12-13(2)3)19(22)17(18)16-10-8-7-9-14(16)4/h1,7-10,13H,11-12H2,2-5H3. The summed E-state index contributed by atoms with van der Waals surface area (Å²) in [6.45, 7) is 8.59. The van der Waals surface area contributed by atoms with Gasteiger partial charge in [-0.15, -0.1) is 6.42 Å². The summed E-state index contributed by atoms with van der Waals surface area (Å²) in [6, 6.07) is 7.76. The van der Waals surface area contributed by atoms with Crippen molar-refractivity contribution in [1.82, 2.24) is 9.78 Å². The van der Waals surface area contributed by atoms with Gasteiger partial charge in [-0.1, -0.05) is 44.0 Å². The van der Waals surface area contributed by atoms with Crippen LogP contribution in [0.3, 0.4) is 0 Å². The number of ether oxygens (including phenoxy) is 1. The van der Waals surface area contributed by atoms with Crippen molar-refractivity contribution in [2.24, 2.45) is 5.92 Å². The quantitative estimate of drug-likeness (QED) is 0.797. The van der Waals surface area contributed by atoms with Crippen molar-refractivity contribution >= 4 is 0 Å². The molecule has 2 rings (SSSR count). The molecule has 4 heteroatoms.